The second kappa shape index (κ2) is 7.29. The number of carbonyl (C=O) groups is 1. The van der Waals surface area contributed by atoms with E-state index in [1.165, 1.54) is 0 Å². The van der Waals surface area contributed by atoms with Crippen molar-refractivity contribution in [1.29, 1.82) is 0 Å². The van der Waals surface area contributed by atoms with Gasteiger partial charge in [0.2, 0.25) is 5.91 Å². The lowest BCUT2D eigenvalue weighted by Crippen LogP contribution is -2.32. The van der Waals surface area contributed by atoms with Crippen molar-refractivity contribution in [2.45, 2.75) is 18.9 Å². The number of likely N-dealkylation sites (tertiary alicyclic amines) is 1. The molecule has 1 aliphatic rings. The Morgan fingerprint density at radius 2 is 2.17 bits per heavy atom. The number of hydrogen-bond acceptors (Lipinski definition) is 5. The van der Waals surface area contributed by atoms with E-state index >= 15 is 0 Å². The summed E-state index contributed by atoms with van der Waals surface area (Å²) in [6.07, 6.45) is 6.42. The second-order valence-electron chi connectivity index (χ2n) is 6.13. The van der Waals surface area contributed by atoms with Crippen LogP contribution in [0.4, 0.5) is 5.82 Å². The Hall–Kier alpha value is -2.63. The van der Waals surface area contributed by atoms with Gasteiger partial charge in [0.1, 0.15) is 6.10 Å². The third-order valence-electron chi connectivity index (χ3n) is 4.04. The molecule has 0 radical (unpaired) electrons. The highest BCUT2D eigenvalue weighted by Gasteiger charge is 2.28. The summed E-state index contributed by atoms with van der Waals surface area (Å²) < 4.78 is 6.09. The Kier molecular flexibility index (Phi) is 4.93. The lowest BCUT2D eigenvalue weighted by molar-refractivity contribution is -0.129. The van der Waals surface area contributed by atoms with E-state index in [4.69, 9.17) is 4.74 Å². The number of anilines is 1. The summed E-state index contributed by atoms with van der Waals surface area (Å²) in [5.41, 5.74) is 0.939. The molecule has 6 nitrogen and oxygen atoms in total. The van der Waals surface area contributed by atoms with Gasteiger partial charge in [0.05, 0.1) is 13.0 Å². The molecule has 6 heteroatoms. The molecule has 0 unspecified atom stereocenters. The lowest BCUT2D eigenvalue weighted by Gasteiger charge is -2.20. The van der Waals surface area contributed by atoms with Crippen LogP contribution in [0.2, 0.25) is 0 Å². The minimum Gasteiger partial charge on any atom is -0.485 e. The Morgan fingerprint density at radius 1 is 1.33 bits per heavy atom. The molecule has 1 fully saturated rings. The minimum absolute atomic E-state index is 0.00532. The van der Waals surface area contributed by atoms with Crippen LogP contribution in [0.25, 0.3) is 0 Å². The molecule has 126 valence electrons. The fraction of sp³-hybridized carbons (Fsp3) is 0.389. The highest BCUT2D eigenvalue weighted by molar-refractivity contribution is 5.79. The number of nitrogens with zero attached hydrogens (tertiary/aromatic N) is 4. The third-order valence-corrected chi connectivity index (χ3v) is 4.04. The fourth-order valence-corrected chi connectivity index (χ4v) is 2.83. The van der Waals surface area contributed by atoms with Crippen LogP contribution in [0.1, 0.15) is 12.0 Å². The molecule has 0 spiro atoms. The molecule has 1 amide bonds. The molecule has 2 aromatic heterocycles. The van der Waals surface area contributed by atoms with Gasteiger partial charge in [-0.15, -0.1) is 0 Å². The van der Waals surface area contributed by atoms with E-state index < -0.39 is 0 Å². The van der Waals surface area contributed by atoms with E-state index in [0.29, 0.717) is 13.0 Å². The van der Waals surface area contributed by atoms with Crippen molar-refractivity contribution in [2.75, 3.05) is 32.1 Å². The lowest BCUT2D eigenvalue weighted by atomic mass is 10.2. The zero-order valence-electron chi connectivity index (χ0n) is 14.1. The summed E-state index contributed by atoms with van der Waals surface area (Å²) >= 11 is 0. The van der Waals surface area contributed by atoms with E-state index in [2.05, 4.69) is 9.97 Å². The molecule has 0 saturated carbocycles. The van der Waals surface area contributed by atoms with Crippen molar-refractivity contribution >= 4 is 11.7 Å². The van der Waals surface area contributed by atoms with E-state index in [-0.39, 0.29) is 12.0 Å². The molecule has 0 aliphatic carbocycles. The summed E-state index contributed by atoms with van der Waals surface area (Å²) in [5.74, 6) is 1.68. The standard InChI is InChI=1S/C18H22N4O2/c1-21(2)18-16(6-4-9-20-18)24-15-7-10-22(13-15)17(23)11-14-5-3-8-19-12-14/h3-6,8-9,12,15H,7,10-11,13H2,1-2H3/t15-/m0/s1. The normalized spacial score (nSPS) is 16.9. The summed E-state index contributed by atoms with van der Waals surface area (Å²) in [6, 6.07) is 7.56. The van der Waals surface area contributed by atoms with Crippen molar-refractivity contribution in [3.63, 3.8) is 0 Å². The van der Waals surface area contributed by atoms with Gasteiger partial charge in [-0.05, 0) is 23.8 Å². The van der Waals surface area contributed by atoms with Crippen molar-refractivity contribution in [2.24, 2.45) is 0 Å². The van der Waals surface area contributed by atoms with Gasteiger partial charge in [-0.3, -0.25) is 9.78 Å². The van der Waals surface area contributed by atoms with Gasteiger partial charge in [0.15, 0.2) is 11.6 Å². The van der Waals surface area contributed by atoms with Crippen LogP contribution in [0.3, 0.4) is 0 Å². The first-order chi connectivity index (χ1) is 11.6. The summed E-state index contributed by atoms with van der Waals surface area (Å²) in [5, 5.41) is 0. The van der Waals surface area contributed by atoms with Gasteiger partial charge in [-0.1, -0.05) is 6.07 Å². The number of pyridine rings is 2. The van der Waals surface area contributed by atoms with E-state index in [9.17, 15) is 4.79 Å². The van der Waals surface area contributed by atoms with Crippen LogP contribution >= 0.6 is 0 Å². The number of amides is 1. The number of carbonyl (C=O) groups excluding carboxylic acids is 1. The van der Waals surface area contributed by atoms with Gasteiger partial charge >= 0.3 is 0 Å². The maximum absolute atomic E-state index is 12.4. The average Bonchev–Trinajstić information content (AvgIpc) is 3.05. The summed E-state index contributed by atoms with van der Waals surface area (Å²) in [6.45, 7) is 1.34. The van der Waals surface area contributed by atoms with Gasteiger partial charge in [-0.25, -0.2) is 4.98 Å². The molecule has 1 aliphatic heterocycles. The smallest absolute Gasteiger partial charge is 0.227 e. The molecular weight excluding hydrogens is 304 g/mol. The average molecular weight is 326 g/mol. The Labute approximate surface area is 142 Å². The van der Waals surface area contributed by atoms with Crippen LogP contribution in [0.5, 0.6) is 5.75 Å². The molecule has 3 rings (SSSR count). The van der Waals surface area contributed by atoms with E-state index in [0.717, 1.165) is 30.1 Å². The maximum Gasteiger partial charge on any atom is 0.227 e. The highest BCUT2D eigenvalue weighted by atomic mass is 16.5. The molecule has 3 heterocycles. The SMILES string of the molecule is CN(C)c1ncccc1O[C@H]1CCN(C(=O)Cc2cccnc2)C1. The first-order valence-electron chi connectivity index (χ1n) is 8.09. The van der Waals surface area contributed by atoms with Crippen molar-refractivity contribution in [3.05, 3.63) is 48.4 Å². The zero-order valence-corrected chi connectivity index (χ0v) is 14.1. The first-order valence-corrected chi connectivity index (χ1v) is 8.09. The van der Waals surface area contributed by atoms with Crippen molar-refractivity contribution < 1.29 is 9.53 Å². The number of ether oxygens (including phenoxy) is 1. The number of hydrogen-bond donors (Lipinski definition) is 0. The predicted molar refractivity (Wildman–Crippen MR) is 92.1 cm³/mol. The second-order valence-corrected chi connectivity index (χ2v) is 6.13. The van der Waals surface area contributed by atoms with Crippen molar-refractivity contribution in [1.82, 2.24) is 14.9 Å². The highest BCUT2D eigenvalue weighted by Crippen LogP contribution is 2.26. The van der Waals surface area contributed by atoms with E-state index in [1.54, 1.807) is 18.6 Å². The number of aromatic nitrogens is 2. The first kappa shape index (κ1) is 16.2. The van der Waals surface area contributed by atoms with E-state index in [1.807, 2.05) is 48.2 Å². The molecule has 24 heavy (non-hydrogen) atoms. The monoisotopic (exact) mass is 326 g/mol. The Morgan fingerprint density at radius 3 is 2.92 bits per heavy atom. The van der Waals surface area contributed by atoms with Crippen LogP contribution < -0.4 is 9.64 Å². The van der Waals surface area contributed by atoms with Gasteiger partial charge in [0, 0.05) is 45.7 Å². The molecule has 1 atom stereocenters. The van der Waals surface area contributed by atoms with Crippen LogP contribution in [-0.2, 0) is 11.2 Å². The summed E-state index contributed by atoms with van der Waals surface area (Å²) in [4.78, 5) is 24.6. The molecule has 2 aromatic rings. The predicted octanol–water partition coefficient (Wildman–Crippen LogP) is 1.76. The quantitative estimate of drug-likeness (QED) is 0.838. The van der Waals surface area contributed by atoms with Crippen LogP contribution in [0, 0.1) is 0 Å². The topological polar surface area (TPSA) is 58.6 Å². The van der Waals surface area contributed by atoms with Crippen molar-refractivity contribution in [3.8, 4) is 5.75 Å². The Bertz CT molecular complexity index is 690. The Balaban J connectivity index is 1.59. The van der Waals surface area contributed by atoms with Gasteiger partial charge < -0.3 is 14.5 Å². The molecule has 0 aromatic carbocycles. The number of rotatable bonds is 5. The molecule has 0 bridgehead atoms. The molecule has 0 N–H and O–H groups in total. The van der Waals surface area contributed by atoms with Gasteiger partial charge in [-0.2, -0.15) is 0 Å². The third kappa shape index (κ3) is 3.82. The van der Waals surface area contributed by atoms with Gasteiger partial charge in [0.25, 0.3) is 0 Å². The molecule has 1 saturated heterocycles. The maximum atomic E-state index is 12.4. The van der Waals surface area contributed by atoms with Crippen LogP contribution in [-0.4, -0.2) is 54.1 Å². The zero-order chi connectivity index (χ0) is 16.9. The summed E-state index contributed by atoms with van der Waals surface area (Å²) in [7, 11) is 3.88. The minimum atomic E-state index is 0.00532. The fourth-order valence-electron chi connectivity index (χ4n) is 2.83. The largest absolute Gasteiger partial charge is 0.485 e. The van der Waals surface area contributed by atoms with Crippen LogP contribution in [0.15, 0.2) is 42.9 Å². The molecular formula is C18H22N4O2.